The largest absolute Gasteiger partial charge is 0.394 e. The van der Waals surface area contributed by atoms with Gasteiger partial charge < -0.3 is 10.2 Å². The molecule has 0 saturated heterocycles. The van der Waals surface area contributed by atoms with Gasteiger partial charge in [0.05, 0.1) is 12.7 Å². The van der Waals surface area contributed by atoms with Gasteiger partial charge in [-0.2, -0.15) is 0 Å². The molecule has 0 heterocycles. The van der Waals surface area contributed by atoms with Gasteiger partial charge in [-0.25, -0.2) is 0 Å². The molecule has 0 aliphatic heterocycles. The van der Waals surface area contributed by atoms with Crippen molar-refractivity contribution in [1.82, 2.24) is 0 Å². The van der Waals surface area contributed by atoms with E-state index in [9.17, 15) is 0 Å². The van der Waals surface area contributed by atoms with Crippen molar-refractivity contribution < 1.29 is 10.2 Å². The Morgan fingerprint density at radius 1 is 1.30 bits per heavy atom. The van der Waals surface area contributed by atoms with E-state index in [1.807, 2.05) is 24.3 Å². The molecule has 10 heavy (non-hydrogen) atoms. The van der Waals surface area contributed by atoms with E-state index in [2.05, 4.69) is 0 Å². The van der Waals surface area contributed by atoms with Gasteiger partial charge >= 0.3 is 0 Å². The summed E-state index contributed by atoms with van der Waals surface area (Å²) in [5.41, 5.74) is 0. The van der Waals surface area contributed by atoms with Crippen LogP contribution in [0.5, 0.6) is 0 Å². The molecular weight excluding hydrogens is 128 g/mol. The molecule has 2 heteroatoms. The highest BCUT2D eigenvalue weighted by atomic mass is 16.3. The fourth-order valence-electron chi connectivity index (χ4n) is 1.02. The van der Waals surface area contributed by atoms with E-state index in [0.717, 1.165) is 0 Å². The summed E-state index contributed by atoms with van der Waals surface area (Å²) in [5.74, 6) is 0.321. The first kappa shape index (κ1) is 7.51. The Bertz CT molecular complexity index is 137. The zero-order valence-corrected chi connectivity index (χ0v) is 5.77. The summed E-state index contributed by atoms with van der Waals surface area (Å²) >= 11 is 0. The summed E-state index contributed by atoms with van der Waals surface area (Å²) in [6, 6.07) is 0. The van der Waals surface area contributed by atoms with E-state index >= 15 is 0 Å². The average molecular weight is 140 g/mol. The van der Waals surface area contributed by atoms with Gasteiger partial charge in [-0.3, -0.25) is 0 Å². The van der Waals surface area contributed by atoms with Crippen LogP contribution in [0.15, 0.2) is 24.3 Å². The molecule has 0 bridgehead atoms. The average Bonchev–Trinajstić information content (AvgIpc) is 2.40. The van der Waals surface area contributed by atoms with Crippen molar-refractivity contribution in [1.29, 1.82) is 0 Å². The molecule has 1 atom stereocenters. The summed E-state index contributed by atoms with van der Waals surface area (Å²) in [7, 11) is 0. The third-order valence-corrected chi connectivity index (χ3v) is 1.58. The lowest BCUT2D eigenvalue weighted by Gasteiger charge is -2.08. The molecule has 0 saturated carbocycles. The molecule has 0 aromatic rings. The molecular formula is C8H12O2. The maximum absolute atomic E-state index is 9.00. The van der Waals surface area contributed by atoms with Gasteiger partial charge in [-0.05, 0) is 12.3 Å². The Morgan fingerprint density at radius 3 is 2.40 bits per heavy atom. The standard InChI is InChI=1S/C8H12O2/c9-6-8(10)5-7-3-1-2-4-7/h1-4,7-10H,5-6H2/t8-/m0/s1. The molecule has 0 amide bonds. The molecule has 0 spiro atoms. The molecule has 0 fully saturated rings. The van der Waals surface area contributed by atoms with Crippen LogP contribution in [0.1, 0.15) is 6.42 Å². The van der Waals surface area contributed by atoms with Crippen molar-refractivity contribution in [3.05, 3.63) is 24.3 Å². The SMILES string of the molecule is OC[C@@H](O)CC1C=CC=C1. The van der Waals surface area contributed by atoms with E-state index in [4.69, 9.17) is 10.2 Å². The van der Waals surface area contributed by atoms with Crippen molar-refractivity contribution in [2.45, 2.75) is 12.5 Å². The van der Waals surface area contributed by atoms with Crippen LogP contribution in [0.4, 0.5) is 0 Å². The molecule has 2 nitrogen and oxygen atoms in total. The highest BCUT2D eigenvalue weighted by Gasteiger charge is 2.09. The van der Waals surface area contributed by atoms with Crippen LogP contribution in [0.3, 0.4) is 0 Å². The molecule has 0 aromatic heterocycles. The van der Waals surface area contributed by atoms with E-state index in [0.29, 0.717) is 12.3 Å². The van der Waals surface area contributed by atoms with Gasteiger partial charge in [-0.15, -0.1) is 0 Å². The van der Waals surface area contributed by atoms with Crippen molar-refractivity contribution in [2.75, 3.05) is 6.61 Å². The van der Waals surface area contributed by atoms with Crippen LogP contribution in [-0.4, -0.2) is 22.9 Å². The van der Waals surface area contributed by atoms with Crippen LogP contribution in [0.2, 0.25) is 0 Å². The monoisotopic (exact) mass is 140 g/mol. The number of hydrogen-bond acceptors (Lipinski definition) is 2. The minimum Gasteiger partial charge on any atom is -0.394 e. The summed E-state index contributed by atoms with van der Waals surface area (Å²) in [6.07, 6.45) is 7.99. The van der Waals surface area contributed by atoms with E-state index in [1.54, 1.807) is 0 Å². The van der Waals surface area contributed by atoms with E-state index in [1.165, 1.54) is 0 Å². The third kappa shape index (κ3) is 1.97. The van der Waals surface area contributed by atoms with Gasteiger partial charge in [0.15, 0.2) is 0 Å². The fourth-order valence-corrected chi connectivity index (χ4v) is 1.02. The summed E-state index contributed by atoms with van der Waals surface area (Å²) in [5, 5.41) is 17.5. The topological polar surface area (TPSA) is 40.5 Å². The molecule has 0 aromatic carbocycles. The summed E-state index contributed by atoms with van der Waals surface area (Å²) in [6.45, 7) is -0.141. The second kappa shape index (κ2) is 3.54. The predicted molar refractivity (Wildman–Crippen MR) is 39.5 cm³/mol. The zero-order valence-electron chi connectivity index (χ0n) is 5.77. The first-order valence-electron chi connectivity index (χ1n) is 3.47. The van der Waals surface area contributed by atoms with Crippen LogP contribution in [-0.2, 0) is 0 Å². The molecule has 2 N–H and O–H groups in total. The minimum absolute atomic E-state index is 0.141. The molecule has 0 radical (unpaired) electrons. The van der Waals surface area contributed by atoms with Crippen LogP contribution < -0.4 is 0 Å². The maximum atomic E-state index is 9.00. The summed E-state index contributed by atoms with van der Waals surface area (Å²) in [4.78, 5) is 0. The number of aliphatic hydroxyl groups is 2. The number of aliphatic hydroxyl groups excluding tert-OH is 2. The lowest BCUT2D eigenvalue weighted by atomic mass is 10.0. The van der Waals surface area contributed by atoms with Crippen molar-refractivity contribution >= 4 is 0 Å². The van der Waals surface area contributed by atoms with Crippen molar-refractivity contribution in [3.63, 3.8) is 0 Å². The Morgan fingerprint density at radius 2 is 1.90 bits per heavy atom. The number of hydrogen-bond donors (Lipinski definition) is 2. The maximum Gasteiger partial charge on any atom is 0.0779 e. The van der Waals surface area contributed by atoms with Crippen molar-refractivity contribution in [2.24, 2.45) is 5.92 Å². The van der Waals surface area contributed by atoms with Gasteiger partial charge in [0.25, 0.3) is 0 Å². The highest BCUT2D eigenvalue weighted by molar-refractivity contribution is 5.17. The zero-order chi connectivity index (χ0) is 7.40. The first-order valence-corrected chi connectivity index (χ1v) is 3.47. The minimum atomic E-state index is -0.572. The Kier molecular flexibility index (Phi) is 2.66. The van der Waals surface area contributed by atoms with Gasteiger partial charge in [0, 0.05) is 0 Å². The van der Waals surface area contributed by atoms with Crippen LogP contribution in [0.25, 0.3) is 0 Å². The van der Waals surface area contributed by atoms with Gasteiger partial charge in [-0.1, -0.05) is 24.3 Å². The molecule has 1 aliphatic carbocycles. The number of allylic oxidation sites excluding steroid dienone is 4. The lowest BCUT2D eigenvalue weighted by Crippen LogP contribution is -2.14. The van der Waals surface area contributed by atoms with Gasteiger partial charge in [0.2, 0.25) is 0 Å². The quantitative estimate of drug-likeness (QED) is 0.598. The van der Waals surface area contributed by atoms with E-state index in [-0.39, 0.29) is 6.61 Å². The van der Waals surface area contributed by atoms with Crippen LogP contribution in [0, 0.1) is 5.92 Å². The van der Waals surface area contributed by atoms with Crippen molar-refractivity contribution in [3.8, 4) is 0 Å². The second-order valence-corrected chi connectivity index (χ2v) is 2.51. The normalized spacial score (nSPS) is 20.2. The predicted octanol–water partition coefficient (Wildman–Crippen LogP) is 0.472. The molecule has 1 rings (SSSR count). The first-order chi connectivity index (χ1) is 4.83. The molecule has 0 unspecified atom stereocenters. The van der Waals surface area contributed by atoms with Crippen LogP contribution >= 0.6 is 0 Å². The van der Waals surface area contributed by atoms with E-state index < -0.39 is 6.10 Å². The fraction of sp³-hybridized carbons (Fsp3) is 0.500. The lowest BCUT2D eigenvalue weighted by molar-refractivity contribution is 0.0834. The number of rotatable bonds is 3. The third-order valence-electron chi connectivity index (χ3n) is 1.58. The Balaban J connectivity index is 2.25. The Hall–Kier alpha value is -0.600. The molecule has 1 aliphatic rings. The van der Waals surface area contributed by atoms with Gasteiger partial charge in [0.1, 0.15) is 0 Å². The summed E-state index contributed by atoms with van der Waals surface area (Å²) < 4.78 is 0. The smallest absolute Gasteiger partial charge is 0.0779 e. The molecule has 56 valence electrons. The Labute approximate surface area is 60.5 Å². The highest BCUT2D eigenvalue weighted by Crippen LogP contribution is 2.14. The second-order valence-electron chi connectivity index (χ2n) is 2.51.